The predicted molar refractivity (Wildman–Crippen MR) is 141 cm³/mol. The summed E-state index contributed by atoms with van der Waals surface area (Å²) in [6.07, 6.45) is 7.56. The Morgan fingerprint density at radius 3 is 2.63 bits per heavy atom. The van der Waals surface area contributed by atoms with E-state index in [0.717, 1.165) is 45.8 Å². The zero-order valence-electron chi connectivity index (χ0n) is 20.6. The largest absolute Gasteiger partial charge is 0.496 e. The smallest absolute Gasteiger partial charge is 0.293 e. The van der Waals surface area contributed by atoms with Crippen LogP contribution < -0.4 is 19.9 Å². The number of anilines is 2. The predicted octanol–water partition coefficient (Wildman–Crippen LogP) is 3.48. The molecule has 7 rings (SSSR count). The summed E-state index contributed by atoms with van der Waals surface area (Å²) >= 11 is 0. The zero-order chi connectivity index (χ0) is 25.5. The summed E-state index contributed by atoms with van der Waals surface area (Å²) in [5.41, 5.74) is 4.86. The molecule has 0 aliphatic heterocycles. The van der Waals surface area contributed by atoms with Crippen LogP contribution in [0.25, 0.3) is 22.3 Å². The highest BCUT2D eigenvalue weighted by Crippen LogP contribution is 2.55. The number of imidazole rings is 2. The van der Waals surface area contributed by atoms with E-state index in [1.54, 1.807) is 19.8 Å². The lowest BCUT2D eigenvalue weighted by Gasteiger charge is -2.20. The highest BCUT2D eigenvalue weighted by molar-refractivity contribution is 5.83. The number of hydrogen-bond acceptors (Lipinski definition) is 8. The minimum atomic E-state index is -0.405. The van der Waals surface area contributed by atoms with Gasteiger partial charge in [-0.25, -0.2) is 19.5 Å². The minimum Gasteiger partial charge on any atom is -0.496 e. The van der Waals surface area contributed by atoms with Crippen LogP contribution in [-0.4, -0.2) is 42.0 Å². The summed E-state index contributed by atoms with van der Waals surface area (Å²) in [6.45, 7) is 0.571. The molecule has 1 aliphatic carbocycles. The molecule has 188 valence electrons. The van der Waals surface area contributed by atoms with E-state index in [9.17, 15) is 0 Å². The molecule has 1 fully saturated rings. The van der Waals surface area contributed by atoms with E-state index < -0.39 is 5.54 Å². The van der Waals surface area contributed by atoms with Crippen molar-refractivity contribution < 1.29 is 9.30 Å². The van der Waals surface area contributed by atoms with E-state index in [0.29, 0.717) is 18.0 Å². The van der Waals surface area contributed by atoms with Gasteiger partial charge in [-0.1, -0.05) is 58.5 Å². The Balaban J connectivity index is 1.24. The van der Waals surface area contributed by atoms with Crippen molar-refractivity contribution in [1.82, 2.24) is 34.9 Å². The molecule has 0 radical (unpaired) electrons. The molecular formula is C27H25N10O+. The summed E-state index contributed by atoms with van der Waals surface area (Å²) < 4.78 is 7.62. The van der Waals surface area contributed by atoms with Crippen molar-refractivity contribution in [3.05, 3.63) is 91.0 Å². The first kappa shape index (κ1) is 22.2. The number of rotatable bonds is 8. The normalized spacial score (nSPS) is 18.5. The Morgan fingerprint density at radius 2 is 1.74 bits per heavy atom. The molecule has 2 unspecified atom stereocenters. The fourth-order valence-corrected chi connectivity index (χ4v) is 5.19. The topological polar surface area (TPSA) is 133 Å². The molecule has 4 N–H and O–H groups in total. The highest BCUT2D eigenvalue weighted by Gasteiger charge is 2.60. The number of para-hydroxylation sites is 1. The molecule has 2 aromatic carbocycles. The molecule has 1 aliphatic rings. The number of methoxy groups -OCH3 is 1. The summed E-state index contributed by atoms with van der Waals surface area (Å²) in [5.74, 6) is 2.27. The third-order valence-corrected chi connectivity index (χ3v) is 7.16. The number of nitrogens with one attached hydrogen (secondary N) is 4. The van der Waals surface area contributed by atoms with Crippen molar-refractivity contribution in [3.63, 3.8) is 0 Å². The first-order chi connectivity index (χ1) is 18.8. The monoisotopic (exact) mass is 505 g/mol. The number of hydrogen-bond donors (Lipinski definition) is 4. The van der Waals surface area contributed by atoms with Gasteiger partial charge >= 0.3 is 0 Å². The number of fused-ring (bicyclic) bond motifs is 2. The fraction of sp³-hybridized carbons (Fsp3) is 0.185. The van der Waals surface area contributed by atoms with E-state index in [1.807, 2.05) is 36.7 Å². The lowest BCUT2D eigenvalue weighted by molar-refractivity contribution is -0.683. The highest BCUT2D eigenvalue weighted by atomic mass is 16.5. The van der Waals surface area contributed by atoms with Gasteiger partial charge in [0, 0.05) is 18.5 Å². The summed E-state index contributed by atoms with van der Waals surface area (Å²) in [4.78, 5) is 29.0. The quantitative estimate of drug-likeness (QED) is 0.231. The SMILES string of the molecule is COc1ccccc1CNc1nc[n+](C2CC2(Nc2ncnc3nc[nH]c23)c2ccccc2)c2nc[nH]c12. The van der Waals surface area contributed by atoms with Gasteiger partial charge in [0.2, 0.25) is 12.1 Å². The Morgan fingerprint density at radius 1 is 0.921 bits per heavy atom. The van der Waals surface area contributed by atoms with Crippen LogP contribution >= 0.6 is 0 Å². The minimum absolute atomic E-state index is 0.0550. The number of H-pyrrole nitrogens is 2. The van der Waals surface area contributed by atoms with Gasteiger partial charge < -0.3 is 25.3 Å². The van der Waals surface area contributed by atoms with E-state index in [2.05, 4.69) is 69.4 Å². The van der Waals surface area contributed by atoms with E-state index in [1.165, 1.54) is 6.33 Å². The van der Waals surface area contributed by atoms with Crippen molar-refractivity contribution in [2.75, 3.05) is 17.7 Å². The van der Waals surface area contributed by atoms with Gasteiger partial charge in [-0.15, -0.1) is 0 Å². The number of benzene rings is 2. The molecule has 0 spiro atoms. The third kappa shape index (κ3) is 3.59. The van der Waals surface area contributed by atoms with Gasteiger partial charge in [-0.05, 0) is 11.6 Å². The molecule has 4 aromatic heterocycles. The summed E-state index contributed by atoms with van der Waals surface area (Å²) in [6, 6.07) is 18.4. The molecule has 2 atom stereocenters. The third-order valence-electron chi connectivity index (χ3n) is 7.16. The van der Waals surface area contributed by atoms with Crippen molar-refractivity contribution in [1.29, 1.82) is 0 Å². The lowest BCUT2D eigenvalue weighted by atomic mass is 10.0. The maximum atomic E-state index is 5.49. The van der Waals surface area contributed by atoms with Crippen molar-refractivity contribution in [3.8, 4) is 5.75 Å². The van der Waals surface area contributed by atoms with Gasteiger partial charge in [0.25, 0.3) is 5.65 Å². The fourth-order valence-electron chi connectivity index (χ4n) is 5.19. The number of ether oxygens (including phenoxy) is 1. The number of aromatic nitrogens is 8. The Labute approximate surface area is 217 Å². The Kier molecular flexibility index (Phi) is 5.13. The van der Waals surface area contributed by atoms with Gasteiger partial charge in [0.15, 0.2) is 23.3 Å². The van der Waals surface area contributed by atoms with Crippen molar-refractivity contribution in [2.24, 2.45) is 0 Å². The van der Waals surface area contributed by atoms with Crippen LogP contribution in [0, 0.1) is 0 Å². The Bertz CT molecular complexity index is 1750. The second-order valence-electron chi connectivity index (χ2n) is 9.27. The van der Waals surface area contributed by atoms with Crippen LogP contribution in [0.5, 0.6) is 5.75 Å². The van der Waals surface area contributed by atoms with Crippen LogP contribution in [0.15, 0.2) is 79.9 Å². The average molecular weight is 506 g/mol. The molecule has 6 aromatic rings. The standard InChI is InChI=1S/C27H24N10O/c1-38-19-10-6-5-7-17(19)12-28-24-22-26(34-14-30-22)37(16-35-24)20-11-27(20,18-8-3-2-4-9-18)36-25-21-23(31-13-29-21)32-15-33-25/h2-10,13-16,20H,11-12H2,1H3,(H3,28,29,30,31,32,33,34,36)/p+1. The van der Waals surface area contributed by atoms with Crippen LogP contribution in [0.2, 0.25) is 0 Å². The number of nitrogens with zero attached hydrogens (tertiary/aromatic N) is 6. The van der Waals surface area contributed by atoms with Gasteiger partial charge in [0.1, 0.15) is 29.2 Å². The van der Waals surface area contributed by atoms with Crippen LogP contribution in [0.1, 0.15) is 23.6 Å². The first-order valence-electron chi connectivity index (χ1n) is 12.3. The second-order valence-corrected chi connectivity index (χ2v) is 9.27. The molecule has 1 saturated carbocycles. The Hall–Kier alpha value is -5.06. The molecule has 11 nitrogen and oxygen atoms in total. The second kappa shape index (κ2) is 8.80. The van der Waals surface area contributed by atoms with Crippen LogP contribution in [0.3, 0.4) is 0 Å². The van der Waals surface area contributed by atoms with Gasteiger partial charge in [-0.2, -0.15) is 0 Å². The lowest BCUT2D eigenvalue weighted by Crippen LogP contribution is -2.40. The zero-order valence-corrected chi connectivity index (χ0v) is 20.6. The maximum absolute atomic E-state index is 5.49. The molecule has 11 heteroatoms. The molecular weight excluding hydrogens is 480 g/mol. The van der Waals surface area contributed by atoms with Crippen LogP contribution in [0.4, 0.5) is 11.6 Å². The molecule has 0 amide bonds. The van der Waals surface area contributed by atoms with Gasteiger partial charge in [-0.3, -0.25) is 0 Å². The summed E-state index contributed by atoms with van der Waals surface area (Å²) in [5, 5.41) is 7.16. The average Bonchev–Trinajstić information content (AvgIpc) is 3.29. The first-order valence-corrected chi connectivity index (χ1v) is 12.3. The van der Waals surface area contributed by atoms with E-state index in [4.69, 9.17) is 9.72 Å². The molecule has 4 heterocycles. The van der Waals surface area contributed by atoms with Crippen molar-refractivity contribution in [2.45, 2.75) is 24.5 Å². The van der Waals surface area contributed by atoms with Gasteiger partial charge in [0.05, 0.1) is 13.4 Å². The van der Waals surface area contributed by atoms with E-state index >= 15 is 0 Å². The van der Waals surface area contributed by atoms with Crippen molar-refractivity contribution >= 4 is 34.0 Å². The maximum Gasteiger partial charge on any atom is 0.293 e. The molecule has 0 bridgehead atoms. The summed E-state index contributed by atoms with van der Waals surface area (Å²) in [7, 11) is 1.68. The van der Waals surface area contributed by atoms with Crippen LogP contribution in [-0.2, 0) is 12.1 Å². The molecule has 0 saturated heterocycles. The number of aromatic amines is 2. The van der Waals surface area contributed by atoms with E-state index in [-0.39, 0.29) is 6.04 Å². The molecule has 38 heavy (non-hydrogen) atoms.